The Morgan fingerprint density at radius 2 is 1.41 bits per heavy atom. The van der Waals surface area contributed by atoms with Crippen molar-refractivity contribution in [2.24, 2.45) is 23.3 Å². The molecular formula is C52H73N13O11. The third-order valence-electron chi connectivity index (χ3n) is 12.9. The lowest BCUT2D eigenvalue weighted by molar-refractivity contribution is -0.143. The molecule has 5 rings (SSSR count). The Labute approximate surface area is 440 Å². The number of carbonyl (C=O) groups excluding carboxylic acids is 8. The van der Waals surface area contributed by atoms with Gasteiger partial charge in [0, 0.05) is 49.1 Å². The number of imidazole rings is 1. The van der Waals surface area contributed by atoms with E-state index in [9.17, 15) is 53.4 Å². The molecule has 412 valence electrons. The number of fused-ring (bicyclic) bond motifs is 1. The van der Waals surface area contributed by atoms with E-state index in [0.29, 0.717) is 49.0 Å². The van der Waals surface area contributed by atoms with Crippen molar-refractivity contribution in [3.05, 3.63) is 84.1 Å². The second-order valence-electron chi connectivity index (χ2n) is 19.8. The Morgan fingerprint density at radius 3 is 2.07 bits per heavy atom. The predicted octanol–water partition coefficient (Wildman–Crippen LogP) is -0.485. The van der Waals surface area contributed by atoms with Gasteiger partial charge in [-0.25, -0.2) is 9.78 Å². The van der Waals surface area contributed by atoms with Gasteiger partial charge in [0.1, 0.15) is 42.0 Å². The SMILES string of the molecule is CC(C)C[C@H](N)C(=O)N[C@@H](CCCCN)C(=O)N[C@@H](Cc1c[nH]cn1)C(=O)N[C@@H](Cc1ccc(O)cc1)C(=O)NCC(=O)N1CCC[C@H]1C(=O)NCC(=O)N[C@@H](Cc1c[nH]c2ccccc12)C(=O)N[C@H](C(=O)O)C(C)C. The Kier molecular flexibility index (Phi) is 22.3. The summed E-state index contributed by atoms with van der Waals surface area (Å²) < 4.78 is 0. The van der Waals surface area contributed by atoms with Gasteiger partial charge in [-0.15, -0.1) is 0 Å². The number of carbonyl (C=O) groups is 9. The first kappa shape index (κ1) is 59.0. The number of nitrogens with one attached hydrogen (secondary N) is 9. The van der Waals surface area contributed by atoms with Gasteiger partial charge >= 0.3 is 5.97 Å². The Bertz CT molecular complexity index is 2620. The molecule has 3 heterocycles. The zero-order valence-electron chi connectivity index (χ0n) is 43.4. The molecule has 2 aromatic carbocycles. The largest absolute Gasteiger partial charge is 0.508 e. The number of rotatable bonds is 29. The van der Waals surface area contributed by atoms with Crippen LogP contribution in [-0.4, -0.2) is 152 Å². The first-order valence-electron chi connectivity index (χ1n) is 25.6. The van der Waals surface area contributed by atoms with Crippen LogP contribution in [-0.2, 0) is 62.4 Å². The van der Waals surface area contributed by atoms with E-state index in [1.807, 2.05) is 38.1 Å². The van der Waals surface area contributed by atoms with E-state index < -0.39 is 115 Å². The van der Waals surface area contributed by atoms with Crippen LogP contribution in [0.4, 0.5) is 0 Å². The van der Waals surface area contributed by atoms with Crippen LogP contribution in [0.25, 0.3) is 10.9 Å². The molecule has 1 aliphatic rings. The lowest BCUT2D eigenvalue weighted by atomic mass is 10.0. The number of hydrogen-bond acceptors (Lipinski definition) is 13. The zero-order valence-corrected chi connectivity index (χ0v) is 43.4. The number of aromatic hydroxyl groups is 1. The average Bonchev–Trinajstić information content (AvgIpc) is 4.18. The molecule has 24 heteroatoms. The second kappa shape index (κ2) is 28.7. The van der Waals surface area contributed by atoms with Crippen LogP contribution in [0.5, 0.6) is 5.75 Å². The third kappa shape index (κ3) is 17.6. The van der Waals surface area contributed by atoms with Gasteiger partial charge in [0.2, 0.25) is 47.3 Å². The number of aliphatic carboxylic acids is 1. The lowest BCUT2D eigenvalue weighted by Crippen LogP contribution is -2.59. The van der Waals surface area contributed by atoms with Crippen molar-refractivity contribution < 1.29 is 53.4 Å². The molecule has 2 aromatic heterocycles. The van der Waals surface area contributed by atoms with Crippen molar-refractivity contribution in [2.45, 2.75) is 128 Å². The number of amides is 8. The van der Waals surface area contributed by atoms with Crippen LogP contribution >= 0.6 is 0 Å². The van der Waals surface area contributed by atoms with E-state index in [0.717, 1.165) is 10.9 Å². The standard InChI is InChI=1S/C52H73N13O11/c1-29(2)20-36(54)46(69)61-38(12-7-8-18-53)48(71)63-41(23-33-25-55-28-59-33)49(72)62-39(21-31-14-16-34(66)17-15-31)47(70)58-27-44(68)65-19-9-13-42(65)51(74)57-26-43(67)60-40(50(73)64-45(30(3)4)52(75)76)22-32-24-56-37-11-6-5-10-35(32)37/h5-6,10-11,14-17,24-25,28-30,36,38-42,45,56,66H,7-9,12-13,18-23,26-27,53-54H2,1-4H3,(H,55,59)(H,57,74)(H,58,70)(H,60,67)(H,61,69)(H,62,72)(H,63,71)(H,64,73)(H,75,76)/t36-,38-,39-,40-,41-,42-,45-/m0/s1. The first-order chi connectivity index (χ1) is 36.2. The minimum atomic E-state index is -1.35. The number of hydrogen-bond donors (Lipinski definition) is 13. The molecule has 1 saturated heterocycles. The van der Waals surface area contributed by atoms with Gasteiger partial charge in [-0.2, -0.15) is 0 Å². The van der Waals surface area contributed by atoms with Crippen LogP contribution in [0.15, 0.2) is 67.3 Å². The molecule has 24 nitrogen and oxygen atoms in total. The maximum atomic E-state index is 14.3. The van der Waals surface area contributed by atoms with Gasteiger partial charge in [-0.05, 0) is 86.2 Å². The van der Waals surface area contributed by atoms with E-state index in [1.165, 1.54) is 29.6 Å². The molecule has 7 atom stereocenters. The van der Waals surface area contributed by atoms with Crippen LogP contribution in [0.3, 0.4) is 0 Å². The molecule has 0 unspecified atom stereocenters. The number of likely N-dealkylation sites (tertiary alicyclic amines) is 1. The van der Waals surface area contributed by atoms with Crippen molar-refractivity contribution >= 4 is 64.1 Å². The van der Waals surface area contributed by atoms with Crippen LogP contribution in [0.1, 0.15) is 83.0 Å². The molecule has 0 aliphatic carbocycles. The minimum Gasteiger partial charge on any atom is -0.508 e. The number of nitrogens with zero attached hydrogens (tertiary/aromatic N) is 2. The molecular weight excluding hydrogens is 983 g/mol. The zero-order chi connectivity index (χ0) is 55.5. The number of unbranched alkanes of at least 4 members (excludes halogenated alkanes) is 1. The van der Waals surface area contributed by atoms with Crippen molar-refractivity contribution in [1.82, 2.24) is 57.1 Å². The molecule has 76 heavy (non-hydrogen) atoms. The summed E-state index contributed by atoms with van der Waals surface area (Å²) in [6, 6.07) is 5.06. The highest BCUT2D eigenvalue weighted by atomic mass is 16.4. The van der Waals surface area contributed by atoms with E-state index in [4.69, 9.17) is 11.5 Å². The summed E-state index contributed by atoms with van der Waals surface area (Å²) in [5.74, 6) is -7.27. The average molecular weight is 1060 g/mol. The van der Waals surface area contributed by atoms with Gasteiger partial charge in [0.25, 0.3) is 0 Å². The van der Waals surface area contributed by atoms with E-state index in [-0.39, 0.29) is 50.3 Å². The highest BCUT2D eigenvalue weighted by molar-refractivity contribution is 5.97. The summed E-state index contributed by atoms with van der Waals surface area (Å²) >= 11 is 0. The van der Waals surface area contributed by atoms with Gasteiger partial charge in [0.05, 0.1) is 31.2 Å². The van der Waals surface area contributed by atoms with Crippen molar-refractivity contribution in [2.75, 3.05) is 26.2 Å². The minimum absolute atomic E-state index is 0.00965. The first-order valence-corrected chi connectivity index (χ1v) is 25.6. The molecule has 1 fully saturated rings. The Hall–Kier alpha value is -7.86. The van der Waals surface area contributed by atoms with E-state index in [1.54, 1.807) is 32.2 Å². The van der Waals surface area contributed by atoms with Gasteiger partial charge in [-0.1, -0.05) is 58.0 Å². The van der Waals surface area contributed by atoms with Crippen molar-refractivity contribution in [3.63, 3.8) is 0 Å². The smallest absolute Gasteiger partial charge is 0.326 e. The number of aromatic nitrogens is 3. The highest BCUT2D eigenvalue weighted by Gasteiger charge is 2.36. The Balaban J connectivity index is 1.25. The highest BCUT2D eigenvalue weighted by Crippen LogP contribution is 2.21. The van der Waals surface area contributed by atoms with Crippen LogP contribution in [0.2, 0.25) is 0 Å². The number of para-hydroxylation sites is 1. The van der Waals surface area contributed by atoms with Gasteiger partial charge in [-0.3, -0.25) is 38.4 Å². The number of phenols is 1. The number of H-pyrrole nitrogens is 2. The number of aromatic amines is 2. The lowest BCUT2D eigenvalue weighted by Gasteiger charge is -2.27. The molecule has 8 amide bonds. The van der Waals surface area contributed by atoms with Gasteiger partial charge in [0.15, 0.2) is 0 Å². The number of carboxylic acid groups (broad SMARTS) is 1. The summed E-state index contributed by atoms with van der Waals surface area (Å²) in [6.07, 6.45) is 6.60. The molecule has 0 bridgehead atoms. The van der Waals surface area contributed by atoms with Crippen LogP contribution in [0, 0.1) is 11.8 Å². The van der Waals surface area contributed by atoms with Crippen LogP contribution < -0.4 is 48.7 Å². The molecule has 1 aliphatic heterocycles. The molecule has 15 N–H and O–H groups in total. The summed E-state index contributed by atoms with van der Waals surface area (Å²) in [6.45, 7) is 6.40. The second-order valence-corrected chi connectivity index (χ2v) is 19.8. The van der Waals surface area contributed by atoms with E-state index in [2.05, 4.69) is 52.2 Å². The summed E-state index contributed by atoms with van der Waals surface area (Å²) in [5.41, 5.74) is 14.2. The topological polar surface area (TPSA) is 378 Å². The number of nitrogens with two attached hydrogens (primary N) is 2. The fraction of sp³-hybridized carbons (Fsp3) is 0.500. The maximum absolute atomic E-state index is 14.3. The van der Waals surface area contributed by atoms with Gasteiger partial charge < -0.3 is 73.8 Å². The summed E-state index contributed by atoms with van der Waals surface area (Å²) in [5, 5.41) is 38.9. The fourth-order valence-corrected chi connectivity index (χ4v) is 8.85. The monoisotopic (exact) mass is 1060 g/mol. The maximum Gasteiger partial charge on any atom is 0.326 e. The molecule has 0 saturated carbocycles. The number of benzene rings is 2. The molecule has 0 spiro atoms. The quantitative estimate of drug-likeness (QED) is 0.0306. The summed E-state index contributed by atoms with van der Waals surface area (Å²) in [4.78, 5) is 133. The van der Waals surface area contributed by atoms with Crippen molar-refractivity contribution in [3.8, 4) is 5.75 Å². The molecule has 4 aromatic rings. The number of carboxylic acids is 1. The predicted molar refractivity (Wildman–Crippen MR) is 279 cm³/mol. The third-order valence-corrected chi connectivity index (χ3v) is 12.9. The van der Waals surface area contributed by atoms with Crippen molar-refractivity contribution in [1.29, 1.82) is 0 Å². The van der Waals surface area contributed by atoms with E-state index >= 15 is 0 Å². The molecule has 0 radical (unpaired) electrons. The normalized spacial score (nSPS) is 15.7. The Morgan fingerprint density at radius 1 is 0.750 bits per heavy atom. The fourth-order valence-electron chi connectivity index (χ4n) is 8.85. The number of phenolic OH excluding ortho intramolecular Hbond substituents is 1. The summed E-state index contributed by atoms with van der Waals surface area (Å²) in [7, 11) is 0.